The molecular weight excluding hydrogens is 376 g/mol. The van der Waals surface area contributed by atoms with Gasteiger partial charge in [0.25, 0.3) is 5.91 Å². The number of nitrogens with one attached hydrogen (secondary N) is 2. The van der Waals surface area contributed by atoms with Crippen LogP contribution >= 0.6 is 11.3 Å². The van der Waals surface area contributed by atoms with Gasteiger partial charge in [-0.25, -0.2) is 0 Å². The minimum absolute atomic E-state index is 0.123. The van der Waals surface area contributed by atoms with Gasteiger partial charge in [-0.05, 0) is 44.6 Å². The van der Waals surface area contributed by atoms with Gasteiger partial charge in [0, 0.05) is 10.9 Å². The van der Waals surface area contributed by atoms with Crippen molar-refractivity contribution in [1.82, 2.24) is 5.32 Å². The van der Waals surface area contributed by atoms with E-state index in [-0.39, 0.29) is 17.9 Å². The predicted octanol–water partition coefficient (Wildman–Crippen LogP) is 4.12. The first kappa shape index (κ1) is 20.8. The van der Waals surface area contributed by atoms with Crippen molar-refractivity contribution in [3.63, 3.8) is 0 Å². The average Bonchev–Trinajstić information content (AvgIpc) is 3.28. The zero-order valence-corrected chi connectivity index (χ0v) is 17.5. The van der Waals surface area contributed by atoms with Gasteiger partial charge < -0.3 is 15.7 Å². The van der Waals surface area contributed by atoms with Crippen LogP contribution < -0.4 is 10.6 Å². The number of aryl methyl sites for hydroxylation is 1. The number of rotatable bonds is 6. The van der Waals surface area contributed by atoms with Gasteiger partial charge in [0.05, 0.1) is 17.4 Å². The van der Waals surface area contributed by atoms with E-state index in [1.54, 1.807) is 0 Å². The number of carbonyl (C=O) groups excluding carboxylic acids is 2. The summed E-state index contributed by atoms with van der Waals surface area (Å²) in [6, 6.07) is 0.204. The molecule has 6 nitrogen and oxygen atoms in total. The lowest BCUT2D eigenvalue weighted by Crippen LogP contribution is -2.37. The van der Waals surface area contributed by atoms with Crippen molar-refractivity contribution in [2.45, 2.75) is 77.7 Å². The number of amides is 2. The summed E-state index contributed by atoms with van der Waals surface area (Å²) in [4.78, 5) is 38.5. The number of anilines is 1. The van der Waals surface area contributed by atoms with Crippen LogP contribution in [-0.2, 0) is 16.0 Å². The molecule has 7 heteroatoms. The number of carboxylic acid groups (broad SMARTS) is 1. The maximum absolute atomic E-state index is 13.0. The van der Waals surface area contributed by atoms with Crippen molar-refractivity contribution in [3.05, 3.63) is 16.0 Å². The topological polar surface area (TPSA) is 95.5 Å². The molecule has 3 rings (SSSR count). The first-order chi connectivity index (χ1) is 13.4. The molecule has 0 saturated heterocycles. The molecule has 3 N–H and O–H groups in total. The second-order valence-electron chi connectivity index (χ2n) is 7.97. The van der Waals surface area contributed by atoms with Crippen LogP contribution in [0.4, 0.5) is 5.00 Å². The molecular formula is C21H30N2O4S. The SMILES string of the molecule is CCc1c(C)sc(NC(=O)[C@H]2CCCC[C@H]2C(=O)O)c1C(=O)NC1CCCC1. The van der Waals surface area contributed by atoms with E-state index in [1.165, 1.54) is 11.3 Å². The number of aliphatic carboxylic acids is 1. The Hall–Kier alpha value is -1.89. The minimum Gasteiger partial charge on any atom is -0.481 e. The second-order valence-corrected chi connectivity index (χ2v) is 9.20. The Balaban J connectivity index is 1.81. The molecule has 2 aliphatic rings. The Morgan fingerprint density at radius 2 is 1.64 bits per heavy atom. The highest BCUT2D eigenvalue weighted by atomic mass is 32.1. The Bertz CT molecular complexity index is 752. The molecule has 0 radical (unpaired) electrons. The van der Waals surface area contributed by atoms with E-state index in [0.29, 0.717) is 29.8 Å². The van der Waals surface area contributed by atoms with Crippen molar-refractivity contribution in [1.29, 1.82) is 0 Å². The smallest absolute Gasteiger partial charge is 0.307 e. The summed E-state index contributed by atoms with van der Waals surface area (Å²) in [5.41, 5.74) is 1.53. The van der Waals surface area contributed by atoms with Crippen molar-refractivity contribution in [3.8, 4) is 0 Å². The lowest BCUT2D eigenvalue weighted by Gasteiger charge is -2.27. The van der Waals surface area contributed by atoms with Gasteiger partial charge >= 0.3 is 5.97 Å². The number of carboxylic acids is 1. The third kappa shape index (κ3) is 4.40. The summed E-state index contributed by atoms with van der Waals surface area (Å²) >= 11 is 1.41. The summed E-state index contributed by atoms with van der Waals surface area (Å²) in [6.07, 6.45) is 7.80. The summed E-state index contributed by atoms with van der Waals surface area (Å²) in [6.45, 7) is 3.97. The lowest BCUT2D eigenvalue weighted by atomic mass is 9.79. The molecule has 28 heavy (non-hydrogen) atoms. The van der Waals surface area contributed by atoms with Gasteiger partial charge in [0.15, 0.2) is 0 Å². The van der Waals surface area contributed by atoms with Gasteiger partial charge in [-0.2, -0.15) is 0 Å². The largest absolute Gasteiger partial charge is 0.481 e. The lowest BCUT2D eigenvalue weighted by molar-refractivity contribution is -0.147. The normalized spacial score (nSPS) is 22.8. The third-order valence-corrected chi connectivity index (χ3v) is 7.20. The second kappa shape index (κ2) is 9.07. The van der Waals surface area contributed by atoms with Crippen LogP contribution in [0.2, 0.25) is 0 Å². The molecule has 0 aliphatic heterocycles. The Morgan fingerprint density at radius 1 is 1.04 bits per heavy atom. The number of thiophene rings is 1. The van der Waals surface area contributed by atoms with Crippen LogP contribution in [0.25, 0.3) is 0 Å². The van der Waals surface area contributed by atoms with E-state index < -0.39 is 17.8 Å². The number of hydrogen-bond donors (Lipinski definition) is 3. The van der Waals surface area contributed by atoms with Crippen LogP contribution in [0.3, 0.4) is 0 Å². The van der Waals surface area contributed by atoms with E-state index in [0.717, 1.165) is 49.0 Å². The molecule has 2 amide bonds. The number of hydrogen-bond acceptors (Lipinski definition) is 4. The predicted molar refractivity (Wildman–Crippen MR) is 110 cm³/mol. The molecule has 1 aromatic heterocycles. The van der Waals surface area contributed by atoms with Crippen LogP contribution in [0.5, 0.6) is 0 Å². The highest BCUT2D eigenvalue weighted by molar-refractivity contribution is 7.16. The average molecular weight is 407 g/mol. The summed E-state index contributed by atoms with van der Waals surface area (Å²) in [5, 5.41) is 16.1. The molecule has 0 unspecified atom stereocenters. The van der Waals surface area contributed by atoms with Crippen LogP contribution in [0.1, 0.15) is 79.1 Å². The summed E-state index contributed by atoms with van der Waals surface area (Å²) in [7, 11) is 0. The highest BCUT2D eigenvalue weighted by Gasteiger charge is 2.36. The summed E-state index contributed by atoms with van der Waals surface area (Å²) in [5.74, 6) is -2.48. The minimum atomic E-state index is -0.907. The molecule has 1 heterocycles. The fourth-order valence-electron chi connectivity index (χ4n) is 4.61. The Kier molecular flexibility index (Phi) is 6.75. The Labute approximate surface area is 170 Å². The van der Waals surface area contributed by atoms with E-state index >= 15 is 0 Å². The van der Waals surface area contributed by atoms with Crippen LogP contribution in [0, 0.1) is 18.8 Å². The monoisotopic (exact) mass is 406 g/mol. The molecule has 0 spiro atoms. The molecule has 2 aliphatic carbocycles. The van der Waals surface area contributed by atoms with Gasteiger partial charge in [0.2, 0.25) is 5.91 Å². The summed E-state index contributed by atoms with van der Waals surface area (Å²) < 4.78 is 0. The first-order valence-electron chi connectivity index (χ1n) is 10.4. The van der Waals surface area contributed by atoms with E-state index in [4.69, 9.17) is 0 Å². The van der Waals surface area contributed by atoms with Crippen molar-refractivity contribution < 1.29 is 19.5 Å². The van der Waals surface area contributed by atoms with Gasteiger partial charge in [-0.3, -0.25) is 14.4 Å². The van der Waals surface area contributed by atoms with Crippen molar-refractivity contribution in [2.75, 3.05) is 5.32 Å². The van der Waals surface area contributed by atoms with E-state index in [2.05, 4.69) is 10.6 Å². The number of carbonyl (C=O) groups is 3. The highest BCUT2D eigenvalue weighted by Crippen LogP contribution is 2.36. The fourth-order valence-corrected chi connectivity index (χ4v) is 5.75. The molecule has 0 aromatic carbocycles. The van der Waals surface area contributed by atoms with E-state index in [1.807, 2.05) is 13.8 Å². The van der Waals surface area contributed by atoms with Gasteiger partial charge in [-0.1, -0.05) is 32.6 Å². The molecule has 2 fully saturated rings. The molecule has 154 valence electrons. The van der Waals surface area contributed by atoms with Crippen LogP contribution in [-0.4, -0.2) is 28.9 Å². The van der Waals surface area contributed by atoms with Gasteiger partial charge in [-0.15, -0.1) is 11.3 Å². The quantitative estimate of drug-likeness (QED) is 0.662. The fraction of sp³-hybridized carbons (Fsp3) is 0.667. The molecule has 1 aromatic rings. The maximum atomic E-state index is 13.0. The van der Waals surface area contributed by atoms with Gasteiger partial charge in [0.1, 0.15) is 5.00 Å². The molecule has 2 saturated carbocycles. The van der Waals surface area contributed by atoms with E-state index in [9.17, 15) is 19.5 Å². The van der Waals surface area contributed by atoms with Crippen molar-refractivity contribution in [2.24, 2.45) is 11.8 Å². The first-order valence-corrected chi connectivity index (χ1v) is 11.2. The zero-order valence-electron chi connectivity index (χ0n) is 16.7. The third-order valence-electron chi connectivity index (χ3n) is 6.14. The van der Waals surface area contributed by atoms with Crippen LogP contribution in [0.15, 0.2) is 0 Å². The molecule has 0 bridgehead atoms. The standard InChI is InChI=1S/C21H30N2O4S/c1-3-14-12(2)28-20(17(14)19(25)22-13-8-4-5-9-13)23-18(24)15-10-6-7-11-16(15)21(26)27/h13,15-16H,3-11H2,1-2H3,(H,22,25)(H,23,24)(H,26,27)/t15-,16+/m0/s1. The van der Waals surface area contributed by atoms with Crippen molar-refractivity contribution >= 4 is 34.1 Å². The molecule has 2 atom stereocenters. The maximum Gasteiger partial charge on any atom is 0.307 e. The Morgan fingerprint density at radius 3 is 2.25 bits per heavy atom. The zero-order chi connectivity index (χ0) is 20.3.